The Bertz CT molecular complexity index is 1160. The van der Waals surface area contributed by atoms with Crippen LogP contribution in [0.3, 0.4) is 0 Å². The molecule has 2 aliphatic rings. The second kappa shape index (κ2) is 8.15. The second-order valence-corrected chi connectivity index (χ2v) is 9.05. The van der Waals surface area contributed by atoms with Gasteiger partial charge in [-0.3, -0.25) is 9.59 Å². The van der Waals surface area contributed by atoms with Crippen molar-refractivity contribution in [2.24, 2.45) is 5.92 Å². The fourth-order valence-corrected chi connectivity index (χ4v) is 5.34. The van der Waals surface area contributed by atoms with Gasteiger partial charge in [0.2, 0.25) is 5.91 Å². The van der Waals surface area contributed by atoms with Gasteiger partial charge in [-0.2, -0.15) is 0 Å². The lowest BCUT2D eigenvalue weighted by atomic mass is 9.97. The van der Waals surface area contributed by atoms with Gasteiger partial charge >= 0.3 is 0 Å². The SMILES string of the molecule is Cc1cccnc1NC(=O)C1CCCN(C(=O)c2cc3c(s2)-c2ccccc2OC3)C1. The monoisotopic (exact) mass is 433 g/mol. The van der Waals surface area contributed by atoms with Crippen LogP contribution in [0.5, 0.6) is 5.75 Å². The molecule has 2 aromatic heterocycles. The molecule has 3 aromatic rings. The highest BCUT2D eigenvalue weighted by Crippen LogP contribution is 2.42. The van der Waals surface area contributed by atoms with Gasteiger partial charge in [0.05, 0.1) is 10.8 Å². The maximum absolute atomic E-state index is 13.3. The molecule has 0 bridgehead atoms. The molecule has 0 radical (unpaired) electrons. The molecule has 1 saturated heterocycles. The lowest BCUT2D eigenvalue weighted by Crippen LogP contribution is -2.43. The van der Waals surface area contributed by atoms with E-state index in [1.807, 2.05) is 54.3 Å². The minimum atomic E-state index is -0.238. The number of rotatable bonds is 3. The molecule has 0 saturated carbocycles. The zero-order valence-electron chi connectivity index (χ0n) is 17.3. The van der Waals surface area contributed by atoms with Crippen LogP contribution >= 0.6 is 11.3 Å². The highest BCUT2D eigenvalue weighted by molar-refractivity contribution is 7.17. The first-order chi connectivity index (χ1) is 15.1. The van der Waals surface area contributed by atoms with Crippen LogP contribution in [0, 0.1) is 12.8 Å². The highest BCUT2D eigenvalue weighted by Gasteiger charge is 2.31. The number of anilines is 1. The molecule has 1 aromatic carbocycles. The number of likely N-dealkylation sites (tertiary alicyclic amines) is 1. The number of ether oxygens (including phenoxy) is 1. The molecule has 7 heteroatoms. The first-order valence-electron chi connectivity index (χ1n) is 10.5. The van der Waals surface area contributed by atoms with Gasteiger partial charge in [0.25, 0.3) is 5.91 Å². The van der Waals surface area contributed by atoms with E-state index in [2.05, 4.69) is 10.3 Å². The summed E-state index contributed by atoms with van der Waals surface area (Å²) >= 11 is 1.51. The number of aromatic nitrogens is 1. The maximum atomic E-state index is 13.3. The van der Waals surface area contributed by atoms with Crippen molar-refractivity contribution in [3.8, 4) is 16.2 Å². The summed E-state index contributed by atoms with van der Waals surface area (Å²) in [6.45, 7) is 3.48. The van der Waals surface area contributed by atoms with Crippen molar-refractivity contribution < 1.29 is 14.3 Å². The summed E-state index contributed by atoms with van der Waals surface area (Å²) in [6.07, 6.45) is 3.24. The molecule has 158 valence electrons. The Hall–Kier alpha value is -3.19. The molecule has 6 nitrogen and oxygen atoms in total. The number of thiophene rings is 1. The number of hydrogen-bond acceptors (Lipinski definition) is 5. The average molecular weight is 434 g/mol. The minimum absolute atomic E-state index is 0.0107. The Labute approximate surface area is 184 Å². The number of piperidine rings is 1. The first-order valence-corrected chi connectivity index (χ1v) is 11.3. The number of fused-ring (bicyclic) bond motifs is 3. The van der Waals surface area contributed by atoms with Gasteiger partial charge in [0, 0.05) is 35.3 Å². The van der Waals surface area contributed by atoms with E-state index >= 15 is 0 Å². The van der Waals surface area contributed by atoms with E-state index in [4.69, 9.17) is 4.74 Å². The molecule has 1 unspecified atom stereocenters. The number of nitrogens with zero attached hydrogens (tertiary/aromatic N) is 2. The molecule has 1 atom stereocenters. The summed E-state index contributed by atoms with van der Waals surface area (Å²) in [6, 6.07) is 13.6. The van der Waals surface area contributed by atoms with Crippen LogP contribution in [0.25, 0.3) is 10.4 Å². The van der Waals surface area contributed by atoms with Crippen LogP contribution in [0.1, 0.15) is 33.6 Å². The number of hydrogen-bond donors (Lipinski definition) is 1. The standard InChI is InChI=1S/C24H23N3O3S/c1-15-6-4-10-25-22(15)26-23(28)16-7-5-11-27(13-16)24(29)20-12-17-14-30-19-9-3-2-8-18(19)21(17)31-20/h2-4,6,8-10,12,16H,5,7,11,13-14H2,1H3,(H,25,26,28). The Morgan fingerprint density at radius 2 is 2.10 bits per heavy atom. The molecule has 1 fully saturated rings. The summed E-state index contributed by atoms with van der Waals surface area (Å²) in [5, 5.41) is 2.93. The fraction of sp³-hybridized carbons (Fsp3) is 0.292. The predicted octanol–water partition coefficient (Wildman–Crippen LogP) is 4.50. The molecule has 0 aliphatic carbocycles. The van der Waals surface area contributed by atoms with Crippen LogP contribution in [0.2, 0.25) is 0 Å². The fourth-order valence-electron chi connectivity index (χ4n) is 4.17. The highest BCUT2D eigenvalue weighted by atomic mass is 32.1. The summed E-state index contributed by atoms with van der Waals surface area (Å²) in [4.78, 5) is 33.9. The van der Waals surface area contributed by atoms with Crippen LogP contribution in [0.4, 0.5) is 5.82 Å². The Kier molecular flexibility index (Phi) is 5.19. The topological polar surface area (TPSA) is 71.5 Å². The third kappa shape index (κ3) is 3.81. The Balaban J connectivity index is 1.31. The van der Waals surface area contributed by atoms with Crippen molar-refractivity contribution >= 4 is 29.0 Å². The molecule has 0 spiro atoms. The van der Waals surface area contributed by atoms with Gasteiger partial charge in [-0.15, -0.1) is 11.3 Å². The van der Waals surface area contributed by atoms with Crippen molar-refractivity contribution in [3.05, 3.63) is 64.7 Å². The van der Waals surface area contributed by atoms with Crippen LogP contribution in [0.15, 0.2) is 48.7 Å². The van der Waals surface area contributed by atoms with Gasteiger partial charge in [-0.1, -0.05) is 18.2 Å². The summed E-state index contributed by atoms with van der Waals surface area (Å²) < 4.78 is 5.83. The number of carbonyl (C=O) groups excluding carboxylic acids is 2. The Morgan fingerprint density at radius 1 is 1.23 bits per heavy atom. The van der Waals surface area contributed by atoms with Crippen LogP contribution < -0.4 is 10.1 Å². The van der Waals surface area contributed by atoms with E-state index in [0.29, 0.717) is 30.4 Å². The van der Waals surface area contributed by atoms with E-state index < -0.39 is 0 Å². The predicted molar refractivity (Wildman–Crippen MR) is 120 cm³/mol. The maximum Gasteiger partial charge on any atom is 0.263 e. The number of para-hydroxylation sites is 1. The van der Waals surface area contributed by atoms with Gasteiger partial charge in [0.1, 0.15) is 18.2 Å². The smallest absolute Gasteiger partial charge is 0.263 e. The summed E-state index contributed by atoms with van der Waals surface area (Å²) in [5.74, 6) is 1.11. The van der Waals surface area contributed by atoms with Crippen molar-refractivity contribution in [2.45, 2.75) is 26.4 Å². The molecule has 2 aliphatic heterocycles. The number of carbonyl (C=O) groups is 2. The van der Waals surface area contributed by atoms with Crippen molar-refractivity contribution in [1.29, 1.82) is 0 Å². The Morgan fingerprint density at radius 3 is 2.97 bits per heavy atom. The molecule has 1 N–H and O–H groups in total. The third-order valence-corrected chi connectivity index (χ3v) is 7.06. The van der Waals surface area contributed by atoms with E-state index in [-0.39, 0.29) is 17.7 Å². The van der Waals surface area contributed by atoms with Gasteiger partial charge in [0.15, 0.2) is 0 Å². The largest absolute Gasteiger partial charge is 0.488 e. The lowest BCUT2D eigenvalue weighted by Gasteiger charge is -2.31. The van der Waals surface area contributed by atoms with Crippen molar-refractivity contribution in [1.82, 2.24) is 9.88 Å². The van der Waals surface area contributed by atoms with Crippen LogP contribution in [-0.2, 0) is 11.4 Å². The number of aryl methyl sites for hydroxylation is 1. The first kappa shape index (κ1) is 19.8. The molecular formula is C24H23N3O3S. The number of amides is 2. The van der Waals surface area contributed by atoms with Gasteiger partial charge in [-0.05, 0) is 49.6 Å². The summed E-state index contributed by atoms with van der Waals surface area (Å²) in [7, 11) is 0. The van der Waals surface area contributed by atoms with Crippen LogP contribution in [-0.4, -0.2) is 34.8 Å². The van der Waals surface area contributed by atoms with Crippen molar-refractivity contribution in [3.63, 3.8) is 0 Å². The minimum Gasteiger partial charge on any atom is -0.488 e. The van der Waals surface area contributed by atoms with E-state index in [0.717, 1.165) is 40.2 Å². The summed E-state index contributed by atoms with van der Waals surface area (Å²) in [5.41, 5.74) is 3.00. The van der Waals surface area contributed by atoms with Gasteiger partial charge in [-0.25, -0.2) is 4.98 Å². The average Bonchev–Trinajstić information content (AvgIpc) is 3.25. The van der Waals surface area contributed by atoms with E-state index in [1.165, 1.54) is 11.3 Å². The molecule has 4 heterocycles. The number of nitrogens with one attached hydrogen (secondary N) is 1. The molecule has 2 amide bonds. The number of benzene rings is 1. The van der Waals surface area contributed by atoms with Gasteiger partial charge < -0.3 is 15.0 Å². The molecule has 5 rings (SSSR count). The third-order valence-electron chi connectivity index (χ3n) is 5.87. The normalized spacial score (nSPS) is 17.3. The zero-order chi connectivity index (χ0) is 21.4. The van der Waals surface area contributed by atoms with E-state index in [1.54, 1.807) is 6.20 Å². The molecule has 31 heavy (non-hydrogen) atoms. The second-order valence-electron chi connectivity index (χ2n) is 8.00. The van der Waals surface area contributed by atoms with E-state index in [9.17, 15) is 9.59 Å². The quantitative estimate of drug-likeness (QED) is 0.660. The number of pyridine rings is 1. The van der Waals surface area contributed by atoms with Crippen molar-refractivity contribution in [2.75, 3.05) is 18.4 Å². The lowest BCUT2D eigenvalue weighted by molar-refractivity contribution is -0.121. The zero-order valence-corrected chi connectivity index (χ0v) is 18.1. The molecular weight excluding hydrogens is 410 g/mol.